The predicted octanol–water partition coefficient (Wildman–Crippen LogP) is 2.91. The molecule has 0 spiro atoms. The highest BCUT2D eigenvalue weighted by molar-refractivity contribution is 6.33. The Kier molecular flexibility index (Phi) is 3.36. The number of hydrogen-bond donors (Lipinski definition) is 2. The van der Waals surface area contributed by atoms with Crippen molar-refractivity contribution in [3.05, 3.63) is 33.3 Å². The summed E-state index contributed by atoms with van der Waals surface area (Å²) in [7, 11) is 0. The van der Waals surface area contributed by atoms with E-state index in [4.69, 9.17) is 11.6 Å². The third-order valence-electron chi connectivity index (χ3n) is 3.40. The van der Waals surface area contributed by atoms with E-state index >= 15 is 0 Å². The van der Waals surface area contributed by atoms with Gasteiger partial charge in [0, 0.05) is 12.1 Å². The van der Waals surface area contributed by atoms with E-state index in [-0.39, 0.29) is 16.6 Å². The van der Waals surface area contributed by atoms with Crippen LogP contribution in [0.15, 0.2) is 18.2 Å². The number of nitro groups is 1. The Bertz CT molecular complexity index is 545. The Labute approximate surface area is 114 Å². The topological polar surface area (TPSA) is 92.5 Å². The fraction of sp³-hybridized carbons (Fsp3) is 0.417. The first-order chi connectivity index (χ1) is 8.84. The molecule has 1 atom stereocenters. The van der Waals surface area contributed by atoms with Crippen LogP contribution >= 0.6 is 11.6 Å². The highest BCUT2D eigenvalue weighted by Gasteiger charge is 2.47. The first-order valence-electron chi connectivity index (χ1n) is 5.80. The number of nitrogens with zero attached hydrogens (tertiary/aromatic N) is 1. The Balaban J connectivity index is 2.27. The zero-order valence-electron chi connectivity index (χ0n) is 10.2. The monoisotopic (exact) mass is 284 g/mol. The normalized spacial score (nSPS) is 17.6. The van der Waals surface area contributed by atoms with Crippen LogP contribution in [-0.4, -0.2) is 21.5 Å². The quantitative estimate of drug-likeness (QED) is 0.640. The molecule has 6 nitrogen and oxygen atoms in total. The van der Waals surface area contributed by atoms with Crippen molar-refractivity contribution in [3.63, 3.8) is 0 Å². The van der Waals surface area contributed by atoms with Gasteiger partial charge in [0.15, 0.2) is 0 Å². The van der Waals surface area contributed by atoms with E-state index in [1.165, 1.54) is 18.2 Å². The van der Waals surface area contributed by atoms with Gasteiger partial charge >= 0.3 is 5.97 Å². The summed E-state index contributed by atoms with van der Waals surface area (Å²) in [6.07, 6.45) is 1.70. The molecule has 0 aromatic heterocycles. The lowest BCUT2D eigenvalue weighted by Crippen LogP contribution is -2.45. The highest BCUT2D eigenvalue weighted by Crippen LogP contribution is 2.42. The Morgan fingerprint density at radius 2 is 2.21 bits per heavy atom. The van der Waals surface area contributed by atoms with Gasteiger partial charge < -0.3 is 10.4 Å². The van der Waals surface area contributed by atoms with Crippen LogP contribution in [0.4, 0.5) is 11.4 Å². The Morgan fingerprint density at radius 1 is 1.58 bits per heavy atom. The number of carboxylic acids is 1. The van der Waals surface area contributed by atoms with Crippen LogP contribution in [0.3, 0.4) is 0 Å². The second-order valence-electron chi connectivity index (χ2n) is 4.83. The molecule has 2 N–H and O–H groups in total. The minimum absolute atomic E-state index is 0.0521. The minimum Gasteiger partial charge on any atom is -0.480 e. The lowest BCUT2D eigenvalue weighted by molar-refractivity contribution is -0.384. The van der Waals surface area contributed by atoms with E-state index in [1.54, 1.807) is 6.92 Å². The van der Waals surface area contributed by atoms with Crippen molar-refractivity contribution in [2.24, 2.45) is 5.92 Å². The fourth-order valence-electron chi connectivity index (χ4n) is 1.99. The maximum Gasteiger partial charge on any atom is 0.329 e. The SMILES string of the molecule is CC(Nc1ccc([N+](=O)[O-])cc1Cl)(C(=O)O)C1CC1. The van der Waals surface area contributed by atoms with Crippen LogP contribution in [0.1, 0.15) is 19.8 Å². The van der Waals surface area contributed by atoms with Crippen molar-refractivity contribution >= 4 is 28.9 Å². The molecule has 0 heterocycles. The average Bonchev–Trinajstić information content (AvgIpc) is 3.15. The number of non-ortho nitro benzene ring substituents is 1. The van der Waals surface area contributed by atoms with Gasteiger partial charge in [0.2, 0.25) is 0 Å². The summed E-state index contributed by atoms with van der Waals surface area (Å²) in [5.41, 5.74) is -0.831. The number of anilines is 1. The van der Waals surface area contributed by atoms with Gasteiger partial charge in [-0.25, -0.2) is 4.79 Å². The third-order valence-corrected chi connectivity index (χ3v) is 3.71. The smallest absolute Gasteiger partial charge is 0.329 e. The standard InChI is InChI=1S/C12H13ClN2O4/c1-12(11(16)17,7-2-3-7)14-10-5-4-8(15(18)19)6-9(10)13/h4-7,14H,2-3H2,1H3,(H,16,17). The molecule has 2 rings (SSSR count). The van der Waals surface area contributed by atoms with Crippen LogP contribution in [-0.2, 0) is 4.79 Å². The summed E-state index contributed by atoms with van der Waals surface area (Å²) in [6.45, 7) is 1.60. The van der Waals surface area contributed by atoms with Gasteiger partial charge in [-0.15, -0.1) is 0 Å². The minimum atomic E-state index is -1.10. The van der Waals surface area contributed by atoms with E-state index in [9.17, 15) is 20.0 Å². The number of nitrogens with one attached hydrogen (secondary N) is 1. The highest BCUT2D eigenvalue weighted by atomic mass is 35.5. The second kappa shape index (κ2) is 4.70. The first-order valence-corrected chi connectivity index (χ1v) is 6.18. The maximum atomic E-state index is 11.4. The average molecular weight is 285 g/mol. The summed E-state index contributed by atoms with van der Waals surface area (Å²) in [5, 5.41) is 23.0. The molecule has 102 valence electrons. The molecular formula is C12H13ClN2O4. The summed E-state index contributed by atoms with van der Waals surface area (Å²) in [4.78, 5) is 21.4. The Morgan fingerprint density at radius 3 is 2.63 bits per heavy atom. The van der Waals surface area contributed by atoms with Crippen LogP contribution < -0.4 is 5.32 Å². The zero-order valence-corrected chi connectivity index (χ0v) is 11.0. The molecule has 1 unspecified atom stereocenters. The summed E-state index contributed by atoms with van der Waals surface area (Å²) in [6, 6.07) is 3.94. The van der Waals surface area contributed by atoms with Crippen LogP contribution in [0.5, 0.6) is 0 Å². The first kappa shape index (κ1) is 13.6. The van der Waals surface area contributed by atoms with Crippen molar-refractivity contribution in [1.29, 1.82) is 0 Å². The van der Waals surface area contributed by atoms with Crippen molar-refractivity contribution < 1.29 is 14.8 Å². The van der Waals surface area contributed by atoms with Gasteiger partial charge in [0.25, 0.3) is 5.69 Å². The molecular weight excluding hydrogens is 272 g/mol. The molecule has 7 heteroatoms. The molecule has 1 aliphatic rings. The van der Waals surface area contributed by atoms with Gasteiger partial charge in [-0.1, -0.05) is 11.6 Å². The van der Waals surface area contributed by atoms with Crippen LogP contribution in [0.25, 0.3) is 0 Å². The Hall–Kier alpha value is -1.82. The van der Waals surface area contributed by atoms with Gasteiger partial charge in [0.1, 0.15) is 5.54 Å². The van der Waals surface area contributed by atoms with Crippen molar-refractivity contribution in [3.8, 4) is 0 Å². The number of benzene rings is 1. The third kappa shape index (κ3) is 2.63. The number of carbonyl (C=O) groups is 1. The van der Waals surface area contributed by atoms with E-state index in [0.29, 0.717) is 5.69 Å². The van der Waals surface area contributed by atoms with Gasteiger partial charge in [-0.05, 0) is 31.7 Å². The summed E-state index contributed by atoms with van der Waals surface area (Å²) < 4.78 is 0. The van der Waals surface area contributed by atoms with E-state index < -0.39 is 16.4 Å². The lowest BCUT2D eigenvalue weighted by Gasteiger charge is -2.27. The number of halogens is 1. The number of carboxylic acid groups (broad SMARTS) is 1. The number of rotatable bonds is 5. The lowest BCUT2D eigenvalue weighted by atomic mass is 9.95. The molecule has 1 aliphatic carbocycles. The van der Waals surface area contributed by atoms with E-state index in [1.807, 2.05) is 0 Å². The number of hydrogen-bond acceptors (Lipinski definition) is 4. The van der Waals surface area contributed by atoms with E-state index in [2.05, 4.69) is 5.32 Å². The number of nitro benzene ring substituents is 1. The molecule has 1 saturated carbocycles. The maximum absolute atomic E-state index is 11.4. The van der Waals surface area contributed by atoms with E-state index in [0.717, 1.165) is 12.8 Å². The molecule has 1 aromatic carbocycles. The molecule has 0 radical (unpaired) electrons. The molecule has 1 aromatic rings. The summed E-state index contributed by atoms with van der Waals surface area (Å²) in [5.74, 6) is -0.902. The largest absolute Gasteiger partial charge is 0.480 e. The predicted molar refractivity (Wildman–Crippen MR) is 70.5 cm³/mol. The molecule has 0 bridgehead atoms. The molecule has 0 amide bonds. The van der Waals surface area contributed by atoms with Gasteiger partial charge in [-0.2, -0.15) is 0 Å². The molecule has 0 aliphatic heterocycles. The van der Waals surface area contributed by atoms with Gasteiger partial charge in [-0.3, -0.25) is 10.1 Å². The fourth-order valence-corrected chi connectivity index (χ4v) is 2.21. The van der Waals surface area contributed by atoms with Gasteiger partial charge in [0.05, 0.1) is 15.6 Å². The van der Waals surface area contributed by atoms with Crippen molar-refractivity contribution in [1.82, 2.24) is 0 Å². The van der Waals surface area contributed by atoms with Crippen LogP contribution in [0, 0.1) is 16.0 Å². The second-order valence-corrected chi connectivity index (χ2v) is 5.24. The zero-order chi connectivity index (χ0) is 14.2. The molecule has 19 heavy (non-hydrogen) atoms. The molecule has 0 saturated heterocycles. The van der Waals surface area contributed by atoms with Crippen molar-refractivity contribution in [2.75, 3.05) is 5.32 Å². The summed E-state index contributed by atoms with van der Waals surface area (Å²) >= 11 is 5.95. The number of aliphatic carboxylic acids is 1. The van der Waals surface area contributed by atoms with Crippen LogP contribution in [0.2, 0.25) is 5.02 Å². The molecule has 1 fully saturated rings. The van der Waals surface area contributed by atoms with Crippen molar-refractivity contribution in [2.45, 2.75) is 25.3 Å².